The molecule has 0 radical (unpaired) electrons. The maximum Gasteiger partial charge on any atom is 0.329 e. The monoisotopic (exact) mass is 270 g/mol. The number of aliphatic hydroxyl groups excluding tert-OH is 1. The van der Waals surface area contributed by atoms with Crippen molar-refractivity contribution in [3.8, 4) is 0 Å². The summed E-state index contributed by atoms with van der Waals surface area (Å²) in [7, 11) is 1.50. The SMILES string of the molecule is CCC(CC)N(CCO)c1c(N)n(C)c(=O)[nH]c1=O. The average Bonchev–Trinajstić information content (AvgIpc) is 2.37. The van der Waals surface area contributed by atoms with Crippen molar-refractivity contribution >= 4 is 11.5 Å². The number of rotatable bonds is 6. The van der Waals surface area contributed by atoms with Crippen LogP contribution in [0.5, 0.6) is 0 Å². The number of aromatic amines is 1. The first-order valence-corrected chi connectivity index (χ1v) is 6.44. The van der Waals surface area contributed by atoms with Gasteiger partial charge in [-0.05, 0) is 12.8 Å². The van der Waals surface area contributed by atoms with E-state index in [1.165, 1.54) is 11.6 Å². The minimum atomic E-state index is -0.542. The second-order valence-electron chi connectivity index (χ2n) is 4.44. The van der Waals surface area contributed by atoms with Crippen molar-refractivity contribution in [1.29, 1.82) is 0 Å². The molecular formula is C12H22N4O3. The number of nitrogens with two attached hydrogens (primary N) is 1. The van der Waals surface area contributed by atoms with Crippen molar-refractivity contribution in [2.24, 2.45) is 7.05 Å². The van der Waals surface area contributed by atoms with Gasteiger partial charge in [0.25, 0.3) is 5.56 Å². The number of hydrogen-bond acceptors (Lipinski definition) is 5. The molecule has 4 N–H and O–H groups in total. The lowest BCUT2D eigenvalue weighted by atomic mass is 10.1. The number of anilines is 2. The second kappa shape index (κ2) is 6.42. The van der Waals surface area contributed by atoms with Crippen molar-refractivity contribution in [3.63, 3.8) is 0 Å². The zero-order valence-corrected chi connectivity index (χ0v) is 11.6. The molecule has 0 aromatic carbocycles. The zero-order valence-electron chi connectivity index (χ0n) is 11.6. The van der Waals surface area contributed by atoms with Crippen molar-refractivity contribution in [3.05, 3.63) is 20.8 Å². The van der Waals surface area contributed by atoms with Crippen LogP contribution in [0.3, 0.4) is 0 Å². The first-order chi connectivity index (χ1) is 8.97. The number of aromatic nitrogens is 2. The van der Waals surface area contributed by atoms with Crippen LogP contribution in [0, 0.1) is 0 Å². The molecule has 0 saturated heterocycles. The van der Waals surface area contributed by atoms with Crippen LogP contribution in [-0.2, 0) is 7.05 Å². The molecule has 7 nitrogen and oxygen atoms in total. The summed E-state index contributed by atoms with van der Waals surface area (Å²) in [5.74, 6) is 0.120. The molecule has 19 heavy (non-hydrogen) atoms. The van der Waals surface area contributed by atoms with E-state index in [0.717, 1.165) is 12.8 Å². The van der Waals surface area contributed by atoms with E-state index in [-0.39, 0.29) is 24.2 Å². The van der Waals surface area contributed by atoms with Gasteiger partial charge >= 0.3 is 5.69 Å². The van der Waals surface area contributed by atoms with Gasteiger partial charge in [-0.25, -0.2) is 4.79 Å². The van der Waals surface area contributed by atoms with Crippen molar-refractivity contribution in [1.82, 2.24) is 9.55 Å². The molecule has 108 valence electrons. The van der Waals surface area contributed by atoms with Gasteiger partial charge in [-0.3, -0.25) is 14.3 Å². The van der Waals surface area contributed by atoms with Crippen LogP contribution < -0.4 is 21.9 Å². The van der Waals surface area contributed by atoms with E-state index in [2.05, 4.69) is 4.98 Å². The number of H-pyrrole nitrogens is 1. The van der Waals surface area contributed by atoms with E-state index in [1.807, 2.05) is 13.8 Å². The third-order valence-corrected chi connectivity index (χ3v) is 3.36. The van der Waals surface area contributed by atoms with Gasteiger partial charge in [-0.15, -0.1) is 0 Å². The van der Waals surface area contributed by atoms with E-state index in [0.29, 0.717) is 6.54 Å². The van der Waals surface area contributed by atoms with Crippen molar-refractivity contribution in [2.45, 2.75) is 32.7 Å². The first-order valence-electron chi connectivity index (χ1n) is 6.44. The van der Waals surface area contributed by atoms with Crippen molar-refractivity contribution in [2.75, 3.05) is 23.8 Å². The standard InChI is InChI=1S/C12H22N4O3/c1-4-8(5-2)16(6-7-17)9-10(13)15(3)12(19)14-11(9)18/h8,17H,4-7,13H2,1-3H3,(H,14,18,19). The minimum Gasteiger partial charge on any atom is -0.395 e. The molecule has 0 saturated carbocycles. The predicted molar refractivity (Wildman–Crippen MR) is 75.5 cm³/mol. The van der Waals surface area contributed by atoms with Gasteiger partial charge in [0, 0.05) is 19.6 Å². The van der Waals surface area contributed by atoms with Crippen LogP contribution in [0.2, 0.25) is 0 Å². The zero-order chi connectivity index (χ0) is 14.6. The highest BCUT2D eigenvalue weighted by Crippen LogP contribution is 2.21. The fourth-order valence-corrected chi connectivity index (χ4v) is 2.22. The highest BCUT2D eigenvalue weighted by molar-refractivity contribution is 5.62. The molecule has 0 aliphatic heterocycles. The molecular weight excluding hydrogens is 248 g/mol. The van der Waals surface area contributed by atoms with Gasteiger partial charge in [0.15, 0.2) is 0 Å². The number of nitrogens with one attached hydrogen (secondary N) is 1. The Labute approximate surface area is 111 Å². The fraction of sp³-hybridized carbons (Fsp3) is 0.667. The molecule has 7 heteroatoms. The second-order valence-corrected chi connectivity index (χ2v) is 4.44. The predicted octanol–water partition coefficient (Wildman–Crippen LogP) is -0.357. The molecule has 1 rings (SSSR count). The quantitative estimate of drug-likeness (QED) is 0.655. The van der Waals surface area contributed by atoms with Crippen LogP contribution >= 0.6 is 0 Å². The Morgan fingerprint density at radius 2 is 1.95 bits per heavy atom. The summed E-state index contributed by atoms with van der Waals surface area (Å²) in [6.45, 7) is 4.23. The maximum absolute atomic E-state index is 12.0. The summed E-state index contributed by atoms with van der Waals surface area (Å²) in [5, 5.41) is 9.18. The third kappa shape index (κ3) is 2.98. The Hall–Kier alpha value is -1.76. The summed E-state index contributed by atoms with van der Waals surface area (Å²) in [6.07, 6.45) is 1.64. The summed E-state index contributed by atoms with van der Waals surface area (Å²) in [5.41, 5.74) is 5.08. The Kier molecular flexibility index (Phi) is 5.17. The summed E-state index contributed by atoms with van der Waals surface area (Å²) in [4.78, 5) is 27.5. The van der Waals surface area contributed by atoms with E-state index in [1.54, 1.807) is 4.90 Å². The molecule has 0 fully saturated rings. The number of aliphatic hydroxyl groups is 1. The molecule has 1 aromatic rings. The van der Waals surface area contributed by atoms with Crippen LogP contribution in [0.25, 0.3) is 0 Å². The highest BCUT2D eigenvalue weighted by atomic mass is 16.3. The maximum atomic E-state index is 12.0. The van der Waals surface area contributed by atoms with Crippen LogP contribution in [-0.4, -0.2) is 33.9 Å². The van der Waals surface area contributed by atoms with Gasteiger partial charge in [-0.1, -0.05) is 13.8 Å². The molecule has 0 unspecified atom stereocenters. The van der Waals surface area contributed by atoms with Gasteiger partial charge in [0.1, 0.15) is 11.5 Å². The smallest absolute Gasteiger partial charge is 0.329 e. The fourth-order valence-electron chi connectivity index (χ4n) is 2.22. The first kappa shape index (κ1) is 15.3. The van der Waals surface area contributed by atoms with Gasteiger partial charge < -0.3 is 15.7 Å². The molecule has 1 aromatic heterocycles. The Morgan fingerprint density at radius 3 is 2.42 bits per heavy atom. The molecule has 0 aliphatic carbocycles. The number of hydrogen-bond donors (Lipinski definition) is 3. The Bertz CT molecular complexity index is 531. The lowest BCUT2D eigenvalue weighted by Crippen LogP contribution is -2.43. The molecule has 0 spiro atoms. The van der Waals surface area contributed by atoms with E-state index >= 15 is 0 Å². The van der Waals surface area contributed by atoms with E-state index in [4.69, 9.17) is 5.73 Å². The summed E-state index contributed by atoms with van der Waals surface area (Å²) >= 11 is 0. The van der Waals surface area contributed by atoms with Gasteiger partial charge in [0.05, 0.1) is 6.61 Å². The van der Waals surface area contributed by atoms with E-state index in [9.17, 15) is 14.7 Å². The largest absolute Gasteiger partial charge is 0.395 e. The summed E-state index contributed by atoms with van der Waals surface area (Å²) in [6, 6.07) is 0.0908. The molecule has 0 bridgehead atoms. The normalized spacial score (nSPS) is 11.0. The lowest BCUT2D eigenvalue weighted by Gasteiger charge is -2.32. The van der Waals surface area contributed by atoms with Gasteiger partial charge in [0.2, 0.25) is 0 Å². The molecule has 0 atom stereocenters. The Balaban J connectivity index is 3.42. The minimum absolute atomic E-state index is 0.0851. The highest BCUT2D eigenvalue weighted by Gasteiger charge is 2.22. The molecule has 0 aliphatic rings. The molecule has 1 heterocycles. The Morgan fingerprint density at radius 1 is 1.37 bits per heavy atom. The molecule has 0 amide bonds. The average molecular weight is 270 g/mol. The number of nitrogen functional groups attached to an aromatic ring is 1. The van der Waals surface area contributed by atoms with Crippen LogP contribution in [0.1, 0.15) is 26.7 Å². The number of nitrogens with zero attached hydrogens (tertiary/aromatic N) is 2. The third-order valence-electron chi connectivity index (χ3n) is 3.36. The van der Waals surface area contributed by atoms with Crippen LogP contribution in [0.15, 0.2) is 9.59 Å². The lowest BCUT2D eigenvalue weighted by molar-refractivity contribution is 0.295. The topological polar surface area (TPSA) is 104 Å². The summed E-state index contributed by atoms with van der Waals surface area (Å²) < 4.78 is 1.20. The van der Waals surface area contributed by atoms with Crippen molar-refractivity contribution < 1.29 is 5.11 Å². The van der Waals surface area contributed by atoms with E-state index < -0.39 is 11.2 Å². The van der Waals surface area contributed by atoms with Gasteiger partial charge in [-0.2, -0.15) is 0 Å². The van der Waals surface area contributed by atoms with Crippen LogP contribution in [0.4, 0.5) is 11.5 Å².